The average molecular weight is 450 g/mol. The molecular weight excluding hydrogens is 424 g/mol. The molecule has 0 bridgehead atoms. The second kappa shape index (κ2) is 9.90. The minimum atomic E-state index is -0.880. The third-order valence-corrected chi connectivity index (χ3v) is 5.09. The smallest absolute Gasteiger partial charge is 0.247 e. The minimum absolute atomic E-state index is 0.0146. The van der Waals surface area contributed by atoms with Gasteiger partial charge in [0.2, 0.25) is 11.8 Å². The first-order valence-electron chi connectivity index (χ1n) is 10.6. The number of aromatic nitrogens is 5. The molecule has 172 valence electrons. The lowest BCUT2D eigenvalue weighted by Crippen LogP contribution is -2.32. The lowest BCUT2D eigenvalue weighted by molar-refractivity contribution is -0.110. The number of pyridine rings is 1. The molecule has 0 radical (unpaired) electrons. The Kier molecular flexibility index (Phi) is 6.78. The first-order valence-corrected chi connectivity index (χ1v) is 10.6. The monoisotopic (exact) mass is 450 g/mol. The van der Waals surface area contributed by atoms with Gasteiger partial charge in [0.05, 0.1) is 12.7 Å². The van der Waals surface area contributed by atoms with E-state index < -0.39 is 18.4 Å². The van der Waals surface area contributed by atoms with Gasteiger partial charge in [-0.2, -0.15) is 9.97 Å². The van der Waals surface area contributed by atoms with Crippen molar-refractivity contribution in [3.8, 4) is 17.4 Å². The lowest BCUT2D eigenvalue weighted by Gasteiger charge is -2.25. The van der Waals surface area contributed by atoms with E-state index in [9.17, 15) is 10.2 Å². The van der Waals surface area contributed by atoms with E-state index in [4.69, 9.17) is 20.2 Å². The van der Waals surface area contributed by atoms with E-state index in [0.717, 1.165) is 5.56 Å². The Morgan fingerprint density at radius 2 is 1.79 bits per heavy atom. The van der Waals surface area contributed by atoms with Gasteiger partial charge in [-0.3, -0.25) is 9.55 Å². The van der Waals surface area contributed by atoms with Crippen molar-refractivity contribution < 1.29 is 19.7 Å². The molecule has 3 heterocycles. The third-order valence-electron chi connectivity index (χ3n) is 5.09. The number of imidazole rings is 1. The van der Waals surface area contributed by atoms with Crippen LogP contribution in [0, 0.1) is 0 Å². The van der Waals surface area contributed by atoms with Gasteiger partial charge in [-0.25, -0.2) is 4.98 Å². The molecule has 0 aliphatic heterocycles. The largest absolute Gasteiger partial charge is 0.471 e. The van der Waals surface area contributed by atoms with Gasteiger partial charge < -0.3 is 25.4 Å². The number of nitrogens with two attached hydrogens (primary N) is 1. The molecule has 1 aromatic carbocycles. The van der Waals surface area contributed by atoms with Gasteiger partial charge in [0.1, 0.15) is 24.6 Å². The zero-order chi connectivity index (χ0) is 23.4. The lowest BCUT2D eigenvalue weighted by atomic mass is 10.2. The maximum Gasteiger partial charge on any atom is 0.247 e. The number of aliphatic hydroxyl groups excluding tert-OH is 2. The van der Waals surface area contributed by atoms with Gasteiger partial charge in [-0.1, -0.05) is 36.4 Å². The summed E-state index contributed by atoms with van der Waals surface area (Å²) in [6.45, 7) is 3.24. The number of benzene rings is 1. The molecule has 10 nitrogen and oxygen atoms in total. The van der Waals surface area contributed by atoms with Crippen LogP contribution in [-0.4, -0.2) is 53.5 Å². The summed E-state index contributed by atoms with van der Waals surface area (Å²) in [6, 6.07) is 15.1. The van der Waals surface area contributed by atoms with Crippen LogP contribution in [0.25, 0.3) is 22.7 Å². The van der Waals surface area contributed by atoms with Gasteiger partial charge in [-0.15, -0.1) is 0 Å². The third kappa shape index (κ3) is 4.92. The van der Waals surface area contributed by atoms with Crippen molar-refractivity contribution in [2.24, 2.45) is 0 Å². The van der Waals surface area contributed by atoms with E-state index in [1.165, 1.54) is 0 Å². The van der Waals surface area contributed by atoms with E-state index >= 15 is 0 Å². The summed E-state index contributed by atoms with van der Waals surface area (Å²) in [7, 11) is 0. The van der Waals surface area contributed by atoms with Crippen LogP contribution in [0.4, 0.5) is 5.95 Å². The zero-order valence-corrected chi connectivity index (χ0v) is 18.4. The van der Waals surface area contributed by atoms with Crippen molar-refractivity contribution in [3.63, 3.8) is 0 Å². The molecule has 0 saturated heterocycles. The maximum atomic E-state index is 9.94. The molecule has 4 rings (SSSR count). The van der Waals surface area contributed by atoms with Crippen molar-refractivity contribution in [2.75, 3.05) is 12.3 Å². The summed E-state index contributed by atoms with van der Waals surface area (Å²) in [5.41, 5.74) is 8.34. The molecule has 0 saturated carbocycles. The van der Waals surface area contributed by atoms with Crippen molar-refractivity contribution in [2.45, 2.75) is 38.9 Å². The zero-order valence-electron chi connectivity index (χ0n) is 18.4. The molecule has 0 spiro atoms. The number of anilines is 1. The summed E-state index contributed by atoms with van der Waals surface area (Å²) >= 11 is 0. The highest BCUT2D eigenvalue weighted by Gasteiger charge is 2.26. The van der Waals surface area contributed by atoms with Gasteiger partial charge in [0.15, 0.2) is 17.0 Å². The molecule has 0 fully saturated rings. The molecule has 0 aliphatic carbocycles. The molecular formula is C23H26N6O4. The van der Waals surface area contributed by atoms with E-state index in [0.29, 0.717) is 22.7 Å². The average Bonchev–Trinajstić information content (AvgIpc) is 3.21. The molecule has 3 unspecified atom stereocenters. The highest BCUT2D eigenvalue weighted by Crippen LogP contribution is 2.32. The fourth-order valence-electron chi connectivity index (χ4n) is 3.43. The van der Waals surface area contributed by atoms with Crippen LogP contribution in [0.15, 0.2) is 54.7 Å². The molecule has 10 heteroatoms. The second-order valence-electron chi connectivity index (χ2n) is 7.55. The van der Waals surface area contributed by atoms with Gasteiger partial charge in [0, 0.05) is 6.20 Å². The highest BCUT2D eigenvalue weighted by molar-refractivity contribution is 5.82. The topological polar surface area (TPSA) is 141 Å². The number of rotatable bonds is 9. The van der Waals surface area contributed by atoms with Crippen LogP contribution in [-0.2, 0) is 11.3 Å². The highest BCUT2D eigenvalue weighted by atomic mass is 16.5. The van der Waals surface area contributed by atoms with Crippen LogP contribution >= 0.6 is 0 Å². The summed E-state index contributed by atoms with van der Waals surface area (Å²) < 4.78 is 13.6. The normalized spacial score (nSPS) is 14.2. The molecule has 4 N–H and O–H groups in total. The fraction of sp³-hybridized carbons (Fsp3) is 0.304. The molecule has 0 aliphatic rings. The number of nitrogen functional groups attached to an aromatic ring is 1. The van der Waals surface area contributed by atoms with E-state index in [-0.39, 0.29) is 25.0 Å². The Morgan fingerprint density at radius 3 is 2.45 bits per heavy atom. The maximum absolute atomic E-state index is 9.94. The number of hydrogen-bond acceptors (Lipinski definition) is 9. The SMILES string of the molecule is CC(O)C(CO)OC(C)n1c(-c2ccccn2)nc2c(OCc3ccccc3)nc(N)nc21. The van der Waals surface area contributed by atoms with Crippen LogP contribution in [0.2, 0.25) is 0 Å². The van der Waals surface area contributed by atoms with Crippen molar-refractivity contribution in [1.82, 2.24) is 24.5 Å². The molecule has 33 heavy (non-hydrogen) atoms. The number of aliphatic hydroxyl groups is 2. The predicted octanol–water partition coefficient (Wildman–Crippen LogP) is 2.33. The number of ether oxygens (including phenoxy) is 2. The van der Waals surface area contributed by atoms with Gasteiger partial charge in [-0.05, 0) is 31.5 Å². The van der Waals surface area contributed by atoms with Crippen LogP contribution < -0.4 is 10.5 Å². The second-order valence-corrected chi connectivity index (χ2v) is 7.55. The Balaban J connectivity index is 1.81. The van der Waals surface area contributed by atoms with E-state index in [1.807, 2.05) is 42.5 Å². The molecule has 4 aromatic rings. The molecule has 3 atom stereocenters. The molecule has 0 amide bonds. The first-order chi connectivity index (χ1) is 16.0. The van der Waals surface area contributed by atoms with Crippen LogP contribution in [0.1, 0.15) is 25.6 Å². The Bertz CT molecular complexity index is 1200. The Morgan fingerprint density at radius 1 is 1.03 bits per heavy atom. The van der Waals surface area contributed by atoms with Crippen molar-refractivity contribution >= 4 is 17.1 Å². The summed E-state index contributed by atoms with van der Waals surface area (Å²) in [5.74, 6) is 0.712. The summed E-state index contributed by atoms with van der Waals surface area (Å²) in [6.07, 6.45) is -0.698. The number of fused-ring (bicyclic) bond motifs is 1. The van der Waals surface area contributed by atoms with E-state index in [2.05, 4.69) is 15.0 Å². The minimum Gasteiger partial charge on any atom is -0.471 e. The van der Waals surface area contributed by atoms with Crippen LogP contribution in [0.5, 0.6) is 5.88 Å². The summed E-state index contributed by atoms with van der Waals surface area (Å²) in [4.78, 5) is 17.8. The predicted molar refractivity (Wildman–Crippen MR) is 122 cm³/mol. The summed E-state index contributed by atoms with van der Waals surface area (Å²) in [5, 5.41) is 19.6. The Hall–Kier alpha value is -3.60. The number of nitrogens with zero attached hydrogens (tertiary/aromatic N) is 5. The standard InChI is InChI=1S/C23H26N6O4/c1-14(31)18(12-30)33-15(2)29-20(17-10-6-7-11-25-17)26-19-21(29)27-23(24)28-22(19)32-13-16-8-4-3-5-9-16/h3-11,14-15,18,30-31H,12-13H2,1-2H3,(H2,24,27,28). The Labute approximate surface area is 190 Å². The van der Waals surface area contributed by atoms with E-state index in [1.54, 1.807) is 30.7 Å². The number of hydrogen-bond donors (Lipinski definition) is 3. The van der Waals surface area contributed by atoms with Gasteiger partial charge in [0.25, 0.3) is 0 Å². The van der Waals surface area contributed by atoms with Crippen molar-refractivity contribution in [1.29, 1.82) is 0 Å². The molecule has 3 aromatic heterocycles. The first kappa shape index (κ1) is 22.6. The fourth-order valence-corrected chi connectivity index (χ4v) is 3.43. The van der Waals surface area contributed by atoms with Crippen molar-refractivity contribution in [3.05, 3.63) is 60.3 Å². The quantitative estimate of drug-likeness (QED) is 0.350. The van der Waals surface area contributed by atoms with Crippen LogP contribution in [0.3, 0.4) is 0 Å². The van der Waals surface area contributed by atoms with Gasteiger partial charge >= 0.3 is 0 Å².